The number of thioether (sulfide) groups is 1. The largest absolute Gasteiger partial charge is 0.409 e. The molecule has 1 heterocycles. The van der Waals surface area contributed by atoms with Gasteiger partial charge in [-0.1, -0.05) is 35.5 Å². The molecule has 4 nitrogen and oxygen atoms in total. The molecule has 19 heavy (non-hydrogen) atoms. The third-order valence-corrected chi connectivity index (χ3v) is 4.82. The van der Waals surface area contributed by atoms with Gasteiger partial charge in [-0.05, 0) is 24.8 Å². The quantitative estimate of drug-likeness (QED) is 0.374. The highest BCUT2D eigenvalue weighted by Crippen LogP contribution is 2.24. The van der Waals surface area contributed by atoms with Crippen molar-refractivity contribution >= 4 is 17.6 Å². The summed E-state index contributed by atoms with van der Waals surface area (Å²) in [5.74, 6) is 2.63. The molecule has 0 aromatic heterocycles. The van der Waals surface area contributed by atoms with Gasteiger partial charge in [-0.3, -0.25) is 0 Å². The lowest BCUT2D eigenvalue weighted by molar-refractivity contribution is 0.256. The van der Waals surface area contributed by atoms with E-state index in [2.05, 4.69) is 17.1 Å². The van der Waals surface area contributed by atoms with E-state index in [1.807, 2.05) is 42.1 Å². The standard InChI is InChI=1S/C14H21N3OS/c1-17(12-7-8-19-10-12)9-13(14(15)16-18)11-5-3-2-4-6-11/h2-6,12-13,18H,7-10H2,1H3,(H2,15,16). The lowest BCUT2D eigenvalue weighted by atomic mass is 9.97. The average Bonchev–Trinajstić information content (AvgIpc) is 2.99. The highest BCUT2D eigenvalue weighted by atomic mass is 32.2. The second kappa shape index (κ2) is 6.82. The van der Waals surface area contributed by atoms with Crippen molar-refractivity contribution in [2.75, 3.05) is 25.1 Å². The molecule has 0 bridgehead atoms. The van der Waals surface area contributed by atoms with Crippen molar-refractivity contribution in [1.29, 1.82) is 0 Å². The number of likely N-dealkylation sites (N-methyl/N-ethyl adjacent to an activating group) is 1. The first-order valence-electron chi connectivity index (χ1n) is 6.52. The van der Waals surface area contributed by atoms with Crippen LogP contribution in [-0.2, 0) is 0 Å². The van der Waals surface area contributed by atoms with E-state index in [-0.39, 0.29) is 11.8 Å². The van der Waals surface area contributed by atoms with E-state index >= 15 is 0 Å². The van der Waals surface area contributed by atoms with Gasteiger partial charge in [0.25, 0.3) is 0 Å². The van der Waals surface area contributed by atoms with Gasteiger partial charge >= 0.3 is 0 Å². The Morgan fingerprint density at radius 1 is 1.53 bits per heavy atom. The molecule has 2 unspecified atom stereocenters. The summed E-state index contributed by atoms with van der Waals surface area (Å²) in [6, 6.07) is 10.6. The minimum absolute atomic E-state index is 0.0539. The molecule has 0 aliphatic carbocycles. The summed E-state index contributed by atoms with van der Waals surface area (Å²) in [5.41, 5.74) is 6.96. The molecular weight excluding hydrogens is 258 g/mol. The summed E-state index contributed by atoms with van der Waals surface area (Å²) in [7, 11) is 2.12. The van der Waals surface area contributed by atoms with Gasteiger partial charge in [0.1, 0.15) is 5.84 Å². The van der Waals surface area contributed by atoms with Crippen LogP contribution in [0.4, 0.5) is 0 Å². The second-order valence-electron chi connectivity index (χ2n) is 4.95. The van der Waals surface area contributed by atoms with Crippen LogP contribution in [0.15, 0.2) is 35.5 Å². The van der Waals surface area contributed by atoms with Crippen molar-refractivity contribution in [3.05, 3.63) is 35.9 Å². The van der Waals surface area contributed by atoms with Gasteiger partial charge in [0.2, 0.25) is 0 Å². The average molecular weight is 279 g/mol. The predicted molar refractivity (Wildman–Crippen MR) is 81.0 cm³/mol. The fraction of sp³-hybridized carbons (Fsp3) is 0.500. The first kappa shape index (κ1) is 14.2. The van der Waals surface area contributed by atoms with Crippen molar-refractivity contribution in [1.82, 2.24) is 4.90 Å². The zero-order chi connectivity index (χ0) is 13.7. The zero-order valence-corrected chi connectivity index (χ0v) is 12.0. The Hall–Kier alpha value is -1.20. The van der Waals surface area contributed by atoms with Gasteiger partial charge in [0, 0.05) is 18.3 Å². The maximum Gasteiger partial charge on any atom is 0.147 e. The van der Waals surface area contributed by atoms with Crippen LogP contribution in [0.25, 0.3) is 0 Å². The van der Waals surface area contributed by atoms with Crippen LogP contribution in [0, 0.1) is 0 Å². The number of hydrogen-bond donors (Lipinski definition) is 2. The smallest absolute Gasteiger partial charge is 0.147 e. The number of rotatable bonds is 5. The van der Waals surface area contributed by atoms with Crippen molar-refractivity contribution < 1.29 is 5.21 Å². The van der Waals surface area contributed by atoms with Gasteiger partial charge in [-0.25, -0.2) is 0 Å². The number of amidine groups is 1. The first-order valence-corrected chi connectivity index (χ1v) is 7.68. The minimum atomic E-state index is -0.0539. The Morgan fingerprint density at radius 3 is 2.84 bits per heavy atom. The summed E-state index contributed by atoms with van der Waals surface area (Å²) in [6.45, 7) is 0.783. The molecule has 2 atom stereocenters. The zero-order valence-electron chi connectivity index (χ0n) is 11.2. The molecule has 0 saturated carbocycles. The molecule has 1 aliphatic heterocycles. The number of benzene rings is 1. The van der Waals surface area contributed by atoms with E-state index in [9.17, 15) is 0 Å². The predicted octanol–water partition coefficient (Wildman–Crippen LogP) is 1.95. The molecule has 1 fully saturated rings. The summed E-state index contributed by atoms with van der Waals surface area (Å²) in [6.07, 6.45) is 1.22. The second-order valence-corrected chi connectivity index (χ2v) is 6.09. The third kappa shape index (κ3) is 3.64. The molecule has 5 heteroatoms. The van der Waals surface area contributed by atoms with Crippen molar-refractivity contribution in [3.63, 3.8) is 0 Å². The Bertz CT molecular complexity index is 418. The molecule has 0 radical (unpaired) electrons. The van der Waals surface area contributed by atoms with E-state index in [1.165, 1.54) is 17.9 Å². The van der Waals surface area contributed by atoms with Crippen LogP contribution in [0.5, 0.6) is 0 Å². The fourth-order valence-electron chi connectivity index (χ4n) is 2.43. The lowest BCUT2D eigenvalue weighted by Crippen LogP contribution is -2.38. The molecule has 0 spiro atoms. The Balaban J connectivity index is 2.10. The van der Waals surface area contributed by atoms with Gasteiger partial charge < -0.3 is 15.8 Å². The summed E-state index contributed by atoms with van der Waals surface area (Å²) >= 11 is 2.00. The Morgan fingerprint density at radius 2 is 2.26 bits per heavy atom. The van der Waals surface area contributed by atoms with E-state index in [4.69, 9.17) is 10.9 Å². The maximum absolute atomic E-state index is 8.99. The molecule has 1 saturated heterocycles. The van der Waals surface area contributed by atoms with E-state index in [1.54, 1.807) is 0 Å². The molecular formula is C14H21N3OS. The van der Waals surface area contributed by atoms with Crippen LogP contribution >= 0.6 is 11.8 Å². The normalized spacial score (nSPS) is 21.8. The fourth-order valence-corrected chi connectivity index (χ4v) is 3.73. The highest BCUT2D eigenvalue weighted by Gasteiger charge is 2.25. The minimum Gasteiger partial charge on any atom is -0.409 e. The monoisotopic (exact) mass is 279 g/mol. The van der Waals surface area contributed by atoms with Gasteiger partial charge in [-0.15, -0.1) is 0 Å². The van der Waals surface area contributed by atoms with Crippen LogP contribution in [0.3, 0.4) is 0 Å². The SMILES string of the molecule is CN(CC(C(N)=NO)c1ccccc1)C1CCSC1. The van der Waals surface area contributed by atoms with Gasteiger partial charge in [0.15, 0.2) is 0 Å². The van der Waals surface area contributed by atoms with E-state index < -0.39 is 0 Å². The van der Waals surface area contributed by atoms with Gasteiger partial charge in [0.05, 0.1) is 5.92 Å². The van der Waals surface area contributed by atoms with Gasteiger partial charge in [-0.2, -0.15) is 11.8 Å². The molecule has 1 aromatic rings. The van der Waals surface area contributed by atoms with Crippen LogP contribution in [0.2, 0.25) is 0 Å². The number of nitrogens with zero attached hydrogens (tertiary/aromatic N) is 2. The lowest BCUT2D eigenvalue weighted by Gasteiger charge is -2.28. The Kier molecular flexibility index (Phi) is 5.10. The Labute approximate surface area is 118 Å². The topological polar surface area (TPSA) is 61.8 Å². The summed E-state index contributed by atoms with van der Waals surface area (Å²) in [5, 5.41) is 12.2. The van der Waals surface area contributed by atoms with Crippen LogP contribution < -0.4 is 5.73 Å². The molecule has 0 amide bonds. The van der Waals surface area contributed by atoms with E-state index in [0.29, 0.717) is 6.04 Å². The van der Waals surface area contributed by atoms with Crippen LogP contribution in [0.1, 0.15) is 17.9 Å². The first-order chi connectivity index (χ1) is 9.22. The summed E-state index contributed by atoms with van der Waals surface area (Å²) in [4.78, 5) is 2.33. The molecule has 3 N–H and O–H groups in total. The number of nitrogens with two attached hydrogens (primary N) is 1. The van der Waals surface area contributed by atoms with Crippen molar-refractivity contribution in [2.45, 2.75) is 18.4 Å². The van der Waals surface area contributed by atoms with Crippen molar-refractivity contribution in [3.8, 4) is 0 Å². The molecule has 104 valence electrons. The molecule has 2 rings (SSSR count). The maximum atomic E-state index is 8.99. The third-order valence-electron chi connectivity index (χ3n) is 3.67. The van der Waals surface area contributed by atoms with E-state index in [0.717, 1.165) is 12.1 Å². The number of hydrogen-bond acceptors (Lipinski definition) is 4. The van der Waals surface area contributed by atoms with Crippen LogP contribution in [-0.4, -0.2) is 47.1 Å². The summed E-state index contributed by atoms with van der Waals surface area (Å²) < 4.78 is 0. The highest BCUT2D eigenvalue weighted by molar-refractivity contribution is 7.99. The number of oxime groups is 1. The molecule has 1 aliphatic rings. The van der Waals surface area contributed by atoms with Crippen molar-refractivity contribution in [2.24, 2.45) is 10.9 Å². The molecule has 1 aromatic carbocycles.